The maximum Gasteiger partial charge on any atom is 0.183 e. The number of aromatic nitrogens is 3. The Morgan fingerprint density at radius 2 is 2.05 bits per heavy atom. The van der Waals surface area contributed by atoms with Crippen LogP contribution < -0.4 is 10.1 Å². The Labute approximate surface area is 113 Å². The third-order valence-electron chi connectivity index (χ3n) is 2.92. The van der Waals surface area contributed by atoms with Gasteiger partial charge in [0.1, 0.15) is 11.6 Å². The van der Waals surface area contributed by atoms with Crippen LogP contribution in [0.5, 0.6) is 5.75 Å². The summed E-state index contributed by atoms with van der Waals surface area (Å²) in [7, 11) is 3.49. The molecule has 0 saturated carbocycles. The van der Waals surface area contributed by atoms with Crippen molar-refractivity contribution in [1.29, 1.82) is 0 Å². The van der Waals surface area contributed by atoms with E-state index < -0.39 is 0 Å². The van der Waals surface area contributed by atoms with E-state index in [0.717, 1.165) is 16.9 Å². The summed E-state index contributed by atoms with van der Waals surface area (Å²) in [6, 6.07) is 5.95. The fourth-order valence-corrected chi connectivity index (χ4v) is 1.87. The lowest BCUT2D eigenvalue weighted by molar-refractivity contribution is 0.407. The summed E-state index contributed by atoms with van der Waals surface area (Å²) in [5.41, 5.74) is 2.08. The molecule has 0 aliphatic rings. The van der Waals surface area contributed by atoms with Crippen molar-refractivity contribution in [3.63, 3.8) is 0 Å². The van der Waals surface area contributed by atoms with Crippen molar-refractivity contribution in [1.82, 2.24) is 15.2 Å². The zero-order valence-corrected chi connectivity index (χ0v) is 11.6. The Morgan fingerprint density at radius 1 is 1.26 bits per heavy atom. The van der Waals surface area contributed by atoms with E-state index in [9.17, 15) is 0 Å². The lowest BCUT2D eigenvalue weighted by atomic mass is 9.99. The Morgan fingerprint density at radius 3 is 2.68 bits per heavy atom. The fraction of sp³-hybridized carbons (Fsp3) is 0.357. The second-order valence-corrected chi connectivity index (χ2v) is 4.53. The van der Waals surface area contributed by atoms with Crippen molar-refractivity contribution < 1.29 is 4.74 Å². The number of nitrogens with zero attached hydrogens (tertiary/aromatic N) is 3. The predicted octanol–water partition coefficient (Wildman–Crippen LogP) is 2.71. The molecule has 2 rings (SSSR count). The molecule has 0 spiro atoms. The number of benzene rings is 1. The second-order valence-electron chi connectivity index (χ2n) is 4.53. The summed E-state index contributed by atoms with van der Waals surface area (Å²) >= 11 is 0. The molecule has 0 atom stereocenters. The molecule has 0 radical (unpaired) electrons. The highest BCUT2D eigenvalue weighted by Crippen LogP contribution is 2.30. The fourth-order valence-electron chi connectivity index (χ4n) is 1.87. The van der Waals surface area contributed by atoms with E-state index in [1.807, 2.05) is 12.1 Å². The Bertz CT molecular complexity index is 569. The van der Waals surface area contributed by atoms with Gasteiger partial charge in [0, 0.05) is 12.6 Å². The Balaban J connectivity index is 2.47. The Kier molecular flexibility index (Phi) is 3.94. The molecular formula is C14H18N4O. The minimum atomic E-state index is 0.371. The molecule has 0 unspecified atom stereocenters. The van der Waals surface area contributed by atoms with Crippen molar-refractivity contribution in [2.45, 2.75) is 19.8 Å². The minimum Gasteiger partial charge on any atom is -0.496 e. The standard InChI is InChI=1S/C14H18N4O/c1-9(2)11-7-10(5-6-12(11)19-4)14-17-13(15-3)8-16-18-14/h5-9H,1-4H3,(H,15,17,18). The summed E-state index contributed by atoms with van der Waals surface area (Å²) < 4.78 is 5.37. The molecule has 1 aromatic heterocycles. The molecule has 1 aromatic carbocycles. The maximum atomic E-state index is 5.37. The molecule has 1 N–H and O–H groups in total. The van der Waals surface area contributed by atoms with Gasteiger partial charge in [-0.1, -0.05) is 13.8 Å². The normalized spacial score (nSPS) is 10.6. The number of ether oxygens (including phenoxy) is 1. The van der Waals surface area contributed by atoms with E-state index in [-0.39, 0.29) is 0 Å². The molecule has 0 fully saturated rings. The Hall–Kier alpha value is -2.17. The highest BCUT2D eigenvalue weighted by atomic mass is 16.5. The van der Waals surface area contributed by atoms with Crippen LogP contribution in [0.25, 0.3) is 11.4 Å². The van der Waals surface area contributed by atoms with Crippen LogP contribution in [0.4, 0.5) is 5.82 Å². The maximum absolute atomic E-state index is 5.37. The molecule has 0 amide bonds. The predicted molar refractivity (Wildman–Crippen MR) is 75.5 cm³/mol. The first-order valence-corrected chi connectivity index (χ1v) is 6.21. The van der Waals surface area contributed by atoms with Gasteiger partial charge in [0.2, 0.25) is 0 Å². The molecule has 5 nitrogen and oxygen atoms in total. The van der Waals surface area contributed by atoms with Crippen molar-refractivity contribution >= 4 is 5.82 Å². The van der Waals surface area contributed by atoms with E-state index in [4.69, 9.17) is 4.74 Å². The molecule has 1 heterocycles. The zero-order valence-electron chi connectivity index (χ0n) is 11.6. The van der Waals surface area contributed by atoms with Crippen LogP contribution in [0.3, 0.4) is 0 Å². The lowest BCUT2D eigenvalue weighted by Crippen LogP contribution is -2.00. The smallest absolute Gasteiger partial charge is 0.183 e. The van der Waals surface area contributed by atoms with Gasteiger partial charge in [0.05, 0.1) is 13.3 Å². The van der Waals surface area contributed by atoms with E-state index in [1.54, 1.807) is 20.4 Å². The first-order valence-electron chi connectivity index (χ1n) is 6.21. The van der Waals surface area contributed by atoms with Crippen LogP contribution in [0, 0.1) is 0 Å². The summed E-state index contributed by atoms with van der Waals surface area (Å²) in [4.78, 5) is 4.39. The van der Waals surface area contributed by atoms with Gasteiger partial charge in [-0.25, -0.2) is 4.98 Å². The zero-order chi connectivity index (χ0) is 13.8. The molecular weight excluding hydrogens is 240 g/mol. The molecule has 0 aliphatic carbocycles. The third kappa shape index (κ3) is 2.81. The molecule has 0 bridgehead atoms. The van der Waals surface area contributed by atoms with E-state index in [2.05, 4.69) is 40.4 Å². The van der Waals surface area contributed by atoms with E-state index >= 15 is 0 Å². The first kappa shape index (κ1) is 13.3. The van der Waals surface area contributed by atoms with Crippen LogP contribution in [0.15, 0.2) is 24.4 Å². The van der Waals surface area contributed by atoms with Gasteiger partial charge in [-0.15, -0.1) is 5.10 Å². The third-order valence-corrected chi connectivity index (χ3v) is 2.92. The van der Waals surface area contributed by atoms with Gasteiger partial charge in [-0.2, -0.15) is 5.10 Å². The second kappa shape index (κ2) is 5.65. The first-order chi connectivity index (χ1) is 9.15. The van der Waals surface area contributed by atoms with Gasteiger partial charge < -0.3 is 10.1 Å². The van der Waals surface area contributed by atoms with Crippen molar-refractivity contribution in [3.8, 4) is 17.1 Å². The molecule has 19 heavy (non-hydrogen) atoms. The highest BCUT2D eigenvalue weighted by Gasteiger charge is 2.11. The van der Waals surface area contributed by atoms with Crippen molar-refractivity contribution in [3.05, 3.63) is 30.0 Å². The van der Waals surface area contributed by atoms with E-state index in [0.29, 0.717) is 17.6 Å². The molecule has 100 valence electrons. The number of methoxy groups -OCH3 is 1. The average Bonchev–Trinajstić information content (AvgIpc) is 2.46. The number of hydrogen-bond donors (Lipinski definition) is 1. The van der Waals surface area contributed by atoms with Gasteiger partial charge >= 0.3 is 0 Å². The van der Waals surface area contributed by atoms with Crippen molar-refractivity contribution in [2.75, 3.05) is 19.5 Å². The molecule has 0 saturated heterocycles. The molecule has 5 heteroatoms. The number of rotatable bonds is 4. The van der Waals surface area contributed by atoms with Gasteiger partial charge in [-0.3, -0.25) is 0 Å². The molecule has 0 aliphatic heterocycles. The van der Waals surface area contributed by atoms with Crippen LogP contribution in [0.1, 0.15) is 25.3 Å². The lowest BCUT2D eigenvalue weighted by Gasteiger charge is -2.13. The van der Waals surface area contributed by atoms with Crippen LogP contribution in [-0.4, -0.2) is 29.3 Å². The largest absolute Gasteiger partial charge is 0.496 e. The number of hydrogen-bond acceptors (Lipinski definition) is 5. The summed E-state index contributed by atoms with van der Waals surface area (Å²) in [5, 5.41) is 11.0. The number of nitrogens with one attached hydrogen (secondary N) is 1. The number of anilines is 1. The van der Waals surface area contributed by atoms with Crippen LogP contribution in [0.2, 0.25) is 0 Å². The monoisotopic (exact) mass is 258 g/mol. The topological polar surface area (TPSA) is 59.9 Å². The quantitative estimate of drug-likeness (QED) is 0.913. The van der Waals surface area contributed by atoms with Crippen molar-refractivity contribution in [2.24, 2.45) is 0 Å². The van der Waals surface area contributed by atoms with Gasteiger partial charge in [0.15, 0.2) is 5.82 Å². The summed E-state index contributed by atoms with van der Waals surface area (Å²) in [6.07, 6.45) is 1.59. The van der Waals surface area contributed by atoms with Gasteiger partial charge in [-0.05, 0) is 29.7 Å². The van der Waals surface area contributed by atoms with Crippen LogP contribution in [-0.2, 0) is 0 Å². The minimum absolute atomic E-state index is 0.371. The summed E-state index contributed by atoms with van der Waals surface area (Å²) in [5.74, 6) is 2.56. The van der Waals surface area contributed by atoms with Crippen LogP contribution >= 0.6 is 0 Å². The summed E-state index contributed by atoms with van der Waals surface area (Å²) in [6.45, 7) is 4.26. The highest BCUT2D eigenvalue weighted by molar-refractivity contribution is 5.60. The SMILES string of the molecule is CNc1cnnc(-c2ccc(OC)c(C(C)C)c2)n1. The van der Waals surface area contributed by atoms with E-state index in [1.165, 1.54) is 0 Å². The van der Waals surface area contributed by atoms with Gasteiger partial charge in [0.25, 0.3) is 0 Å². The average molecular weight is 258 g/mol. The molecule has 2 aromatic rings.